The van der Waals surface area contributed by atoms with Crippen molar-refractivity contribution in [2.45, 2.75) is 58.4 Å². The number of aryl methyl sites for hydroxylation is 1. The largest absolute Gasteiger partial charge is 0.452 e. The minimum absolute atomic E-state index is 0.267. The van der Waals surface area contributed by atoms with E-state index in [1.807, 2.05) is 6.92 Å². The molecule has 2 amide bonds. The average Bonchev–Trinajstić information content (AvgIpc) is 2.87. The quantitative estimate of drug-likeness (QED) is 0.767. The summed E-state index contributed by atoms with van der Waals surface area (Å²) in [7, 11) is 0. The van der Waals surface area contributed by atoms with Crippen LogP contribution in [0, 0.1) is 25.2 Å². The third kappa shape index (κ3) is 4.61. The summed E-state index contributed by atoms with van der Waals surface area (Å²) in [6.07, 6.45) is 4.05. The van der Waals surface area contributed by atoms with Gasteiger partial charge in [-0.25, -0.2) is 4.79 Å². The first-order chi connectivity index (χ1) is 12.3. The lowest BCUT2D eigenvalue weighted by Gasteiger charge is -2.31. The molecule has 1 saturated carbocycles. The number of hydrogen-bond donors (Lipinski definition) is 2. The first-order valence-electron chi connectivity index (χ1n) is 8.55. The molecular weight excluding hydrogens is 354 g/mol. The van der Waals surface area contributed by atoms with Crippen LogP contribution in [-0.2, 0) is 14.3 Å². The third-order valence-electron chi connectivity index (χ3n) is 4.51. The highest BCUT2D eigenvalue weighted by Gasteiger charge is 2.34. The van der Waals surface area contributed by atoms with Gasteiger partial charge in [0.05, 0.1) is 11.6 Å². The first kappa shape index (κ1) is 19.9. The van der Waals surface area contributed by atoms with Gasteiger partial charge in [-0.2, -0.15) is 5.26 Å². The molecular formula is C18H23N3O4S. The van der Waals surface area contributed by atoms with Crippen LogP contribution in [0.5, 0.6) is 0 Å². The summed E-state index contributed by atoms with van der Waals surface area (Å²) in [4.78, 5) is 36.8. The van der Waals surface area contributed by atoms with Crippen molar-refractivity contribution >= 4 is 34.1 Å². The molecule has 0 unspecified atom stereocenters. The number of anilines is 1. The molecule has 0 bridgehead atoms. The second-order valence-corrected chi connectivity index (χ2v) is 7.77. The van der Waals surface area contributed by atoms with Gasteiger partial charge in [-0.3, -0.25) is 9.59 Å². The molecule has 0 spiro atoms. The van der Waals surface area contributed by atoms with E-state index in [1.54, 1.807) is 6.92 Å². The Hall–Kier alpha value is -2.40. The van der Waals surface area contributed by atoms with Gasteiger partial charge in [-0.05, 0) is 32.3 Å². The van der Waals surface area contributed by atoms with Gasteiger partial charge in [-0.15, -0.1) is 11.3 Å². The van der Waals surface area contributed by atoms with Crippen molar-refractivity contribution in [3.8, 4) is 6.07 Å². The number of nitriles is 1. The fourth-order valence-corrected chi connectivity index (χ4v) is 4.14. The summed E-state index contributed by atoms with van der Waals surface area (Å²) < 4.78 is 5.13. The number of carbonyl (C=O) groups is 3. The molecule has 1 aromatic rings. The van der Waals surface area contributed by atoms with Gasteiger partial charge < -0.3 is 15.4 Å². The molecule has 2 N–H and O–H groups in total. The van der Waals surface area contributed by atoms with Crippen LogP contribution in [0.1, 0.15) is 59.8 Å². The summed E-state index contributed by atoms with van der Waals surface area (Å²) in [6, 6.07) is 2.19. The number of hydrogen-bond acceptors (Lipinski definition) is 6. The molecule has 0 saturated heterocycles. The molecule has 1 aliphatic rings. The van der Waals surface area contributed by atoms with E-state index in [1.165, 1.54) is 18.3 Å². The van der Waals surface area contributed by atoms with Crippen molar-refractivity contribution in [1.29, 1.82) is 5.26 Å². The molecule has 0 atom stereocenters. The summed E-state index contributed by atoms with van der Waals surface area (Å²) in [6.45, 7) is 4.50. The van der Waals surface area contributed by atoms with E-state index in [0.29, 0.717) is 23.4 Å². The van der Waals surface area contributed by atoms with E-state index in [4.69, 9.17) is 4.74 Å². The molecule has 2 rings (SSSR count). The predicted molar refractivity (Wildman–Crippen MR) is 98.0 cm³/mol. The Kier molecular flexibility index (Phi) is 6.37. The second kappa shape index (κ2) is 8.32. The minimum atomic E-state index is -0.863. The van der Waals surface area contributed by atoms with Crippen molar-refractivity contribution in [1.82, 2.24) is 5.32 Å². The molecule has 140 valence electrons. The summed E-state index contributed by atoms with van der Waals surface area (Å²) in [5.41, 5.74) is 0.117. The lowest BCUT2D eigenvalue weighted by Crippen LogP contribution is -2.50. The van der Waals surface area contributed by atoms with Gasteiger partial charge in [0, 0.05) is 11.8 Å². The Morgan fingerprint density at radius 2 is 1.88 bits per heavy atom. The number of esters is 1. The number of rotatable bonds is 5. The van der Waals surface area contributed by atoms with Crippen molar-refractivity contribution < 1.29 is 19.1 Å². The zero-order valence-electron chi connectivity index (χ0n) is 15.2. The number of thiophene rings is 1. The van der Waals surface area contributed by atoms with Crippen molar-refractivity contribution in [3.63, 3.8) is 0 Å². The van der Waals surface area contributed by atoms with Crippen LogP contribution in [0.15, 0.2) is 0 Å². The summed E-state index contributed by atoms with van der Waals surface area (Å²) in [5, 5.41) is 15.1. The minimum Gasteiger partial charge on any atom is -0.452 e. The predicted octanol–water partition coefficient (Wildman–Crippen LogP) is 2.82. The fourth-order valence-electron chi connectivity index (χ4n) is 3.05. The molecule has 0 radical (unpaired) electrons. The van der Waals surface area contributed by atoms with Gasteiger partial charge >= 0.3 is 5.97 Å². The maximum atomic E-state index is 12.4. The molecule has 1 aromatic heterocycles. The maximum absolute atomic E-state index is 12.4. The summed E-state index contributed by atoms with van der Waals surface area (Å²) >= 11 is 1.29. The van der Waals surface area contributed by atoms with Gasteiger partial charge in [0.1, 0.15) is 10.5 Å². The molecule has 0 aromatic carbocycles. The van der Waals surface area contributed by atoms with Crippen molar-refractivity contribution in [2.24, 2.45) is 0 Å². The van der Waals surface area contributed by atoms with Crippen LogP contribution < -0.4 is 10.6 Å². The van der Waals surface area contributed by atoms with E-state index in [-0.39, 0.29) is 11.5 Å². The number of amides is 2. The van der Waals surface area contributed by atoms with E-state index in [9.17, 15) is 19.6 Å². The molecule has 26 heavy (non-hydrogen) atoms. The van der Waals surface area contributed by atoms with Crippen molar-refractivity contribution in [2.75, 3.05) is 11.9 Å². The lowest BCUT2D eigenvalue weighted by atomic mass is 9.83. The first-order valence-corrected chi connectivity index (χ1v) is 9.36. The monoisotopic (exact) mass is 377 g/mol. The van der Waals surface area contributed by atoms with Crippen LogP contribution in [0.4, 0.5) is 5.00 Å². The summed E-state index contributed by atoms with van der Waals surface area (Å²) in [5.74, 6) is -1.45. The van der Waals surface area contributed by atoms with E-state index in [0.717, 1.165) is 24.1 Å². The van der Waals surface area contributed by atoms with E-state index >= 15 is 0 Å². The van der Waals surface area contributed by atoms with Gasteiger partial charge in [-0.1, -0.05) is 19.3 Å². The van der Waals surface area contributed by atoms with Crippen LogP contribution in [-0.4, -0.2) is 29.9 Å². The van der Waals surface area contributed by atoms with Gasteiger partial charge in [0.25, 0.3) is 5.91 Å². The standard InChI is InChI=1S/C18H23N3O4S/c1-11-12(2)26-16(20-13(3)22)15(11)17(24)25-9-14(23)21-18(10-19)7-5-4-6-8-18/h4-9H2,1-3H3,(H,20,22)(H,21,23). The zero-order chi connectivity index (χ0) is 19.3. The highest BCUT2D eigenvalue weighted by Crippen LogP contribution is 2.33. The van der Waals surface area contributed by atoms with Crippen LogP contribution >= 0.6 is 11.3 Å². The zero-order valence-corrected chi connectivity index (χ0v) is 16.0. The normalized spacial score (nSPS) is 15.6. The van der Waals surface area contributed by atoms with E-state index < -0.39 is 24.0 Å². The van der Waals surface area contributed by atoms with E-state index in [2.05, 4.69) is 16.7 Å². The number of ether oxygens (including phenoxy) is 1. The lowest BCUT2D eigenvalue weighted by molar-refractivity contribution is -0.126. The smallest absolute Gasteiger partial charge is 0.341 e. The maximum Gasteiger partial charge on any atom is 0.341 e. The average molecular weight is 377 g/mol. The van der Waals surface area contributed by atoms with Crippen molar-refractivity contribution in [3.05, 3.63) is 16.0 Å². The van der Waals surface area contributed by atoms with Crippen LogP contribution in [0.25, 0.3) is 0 Å². The Morgan fingerprint density at radius 3 is 2.46 bits per heavy atom. The Bertz CT molecular complexity index is 757. The van der Waals surface area contributed by atoms with Crippen LogP contribution in [0.3, 0.4) is 0 Å². The van der Waals surface area contributed by atoms with Gasteiger partial charge in [0.2, 0.25) is 5.91 Å². The van der Waals surface area contributed by atoms with Crippen LogP contribution in [0.2, 0.25) is 0 Å². The molecule has 0 aliphatic heterocycles. The Balaban J connectivity index is 2.01. The number of nitrogens with one attached hydrogen (secondary N) is 2. The SMILES string of the molecule is CC(=O)Nc1sc(C)c(C)c1C(=O)OCC(=O)NC1(C#N)CCCCC1. The molecule has 7 nitrogen and oxygen atoms in total. The number of carbonyl (C=O) groups excluding carboxylic acids is 3. The Labute approximate surface area is 156 Å². The highest BCUT2D eigenvalue weighted by molar-refractivity contribution is 7.16. The topological polar surface area (TPSA) is 108 Å². The molecule has 1 fully saturated rings. The Morgan fingerprint density at radius 1 is 1.23 bits per heavy atom. The second-order valence-electron chi connectivity index (χ2n) is 6.55. The fraction of sp³-hybridized carbons (Fsp3) is 0.556. The highest BCUT2D eigenvalue weighted by atomic mass is 32.1. The van der Waals surface area contributed by atoms with Gasteiger partial charge in [0.15, 0.2) is 6.61 Å². The molecule has 1 heterocycles. The molecule has 1 aliphatic carbocycles. The number of nitrogens with zero attached hydrogens (tertiary/aromatic N) is 1. The molecule has 8 heteroatoms. The third-order valence-corrected chi connectivity index (χ3v) is 5.64.